The van der Waals surface area contributed by atoms with Crippen LogP contribution in [-0.2, 0) is 4.74 Å². The van der Waals surface area contributed by atoms with Crippen molar-refractivity contribution in [3.63, 3.8) is 0 Å². The fourth-order valence-corrected chi connectivity index (χ4v) is 12.0. The average Bonchev–Trinajstić information content (AvgIpc) is 3.05. The summed E-state index contributed by atoms with van der Waals surface area (Å²) in [5.74, 6) is 3.11. The summed E-state index contributed by atoms with van der Waals surface area (Å²) in [6, 6.07) is 0. The number of aliphatic hydroxyl groups is 1. The van der Waals surface area contributed by atoms with Crippen molar-refractivity contribution < 1.29 is 9.84 Å². The lowest BCUT2D eigenvalue weighted by atomic mass is 9.31. The molecule has 0 aromatic heterocycles. The molecule has 2 nitrogen and oxygen atoms in total. The van der Waals surface area contributed by atoms with Gasteiger partial charge in [0.25, 0.3) is 0 Å². The Morgan fingerprint density at radius 3 is 2.16 bits per heavy atom. The first-order chi connectivity index (χ1) is 14.8. The number of hydrogen-bond donors (Lipinski definition) is 1. The quantitative estimate of drug-likeness (QED) is 0.428. The lowest BCUT2D eigenvalue weighted by Crippen LogP contribution is -2.67. The molecule has 32 heavy (non-hydrogen) atoms. The maximum atomic E-state index is 10.9. The van der Waals surface area contributed by atoms with Gasteiger partial charge in [-0.2, -0.15) is 0 Å². The van der Waals surface area contributed by atoms with E-state index in [1.54, 1.807) is 0 Å². The van der Waals surface area contributed by atoms with E-state index in [1.165, 1.54) is 57.8 Å². The molecule has 0 radical (unpaired) electrons. The van der Waals surface area contributed by atoms with Crippen LogP contribution >= 0.6 is 0 Å². The van der Waals surface area contributed by atoms with Gasteiger partial charge in [-0.25, -0.2) is 0 Å². The molecule has 5 saturated carbocycles. The molecule has 182 valence electrons. The second-order valence-electron chi connectivity index (χ2n) is 15.7. The van der Waals surface area contributed by atoms with Gasteiger partial charge in [-0.15, -0.1) is 0 Å². The minimum absolute atomic E-state index is 0.0586. The summed E-state index contributed by atoms with van der Waals surface area (Å²) in [5, 5.41) is 10.9. The summed E-state index contributed by atoms with van der Waals surface area (Å²) in [6.45, 7) is 18.9. The second kappa shape index (κ2) is 6.37. The Labute approximate surface area is 197 Å². The van der Waals surface area contributed by atoms with E-state index in [0.29, 0.717) is 39.1 Å². The molecule has 10 atom stereocenters. The van der Waals surface area contributed by atoms with E-state index in [1.807, 2.05) is 0 Å². The largest absolute Gasteiger partial charge is 0.393 e. The third-order valence-electron chi connectivity index (χ3n) is 14.1. The first-order valence-electron chi connectivity index (χ1n) is 14.1. The van der Waals surface area contributed by atoms with Crippen molar-refractivity contribution in [2.75, 3.05) is 6.61 Å². The third kappa shape index (κ3) is 2.41. The van der Waals surface area contributed by atoms with Crippen molar-refractivity contribution >= 4 is 0 Å². The number of fused-ring (bicyclic) bond motifs is 5. The Hall–Kier alpha value is -0.0800. The van der Waals surface area contributed by atoms with Crippen LogP contribution in [0.25, 0.3) is 0 Å². The highest BCUT2D eigenvalue weighted by Crippen LogP contribution is 2.78. The zero-order chi connectivity index (χ0) is 22.9. The van der Waals surface area contributed by atoms with Crippen LogP contribution in [0.15, 0.2) is 0 Å². The number of hydrogen-bond acceptors (Lipinski definition) is 2. The molecule has 6 aliphatic rings. The standard InChI is InChI=1S/C30H50O2/c1-25(2)14-16-30-17-15-28(6)19(23(30)24(25)32-18-30)8-9-21-27(5)12-11-22(31)26(3,4)20(27)10-13-29(21,28)7/h19-24,31H,8-18H2,1-7H3/t19-,20+,21-,22+,23+,24-,27+,28-,29-,30+/m1/s1. The summed E-state index contributed by atoms with van der Waals surface area (Å²) in [7, 11) is 0. The van der Waals surface area contributed by atoms with Gasteiger partial charge in [-0.05, 0) is 120 Å². The fraction of sp³-hybridized carbons (Fsp3) is 1.00. The van der Waals surface area contributed by atoms with Gasteiger partial charge in [-0.3, -0.25) is 0 Å². The molecule has 2 heteroatoms. The lowest BCUT2D eigenvalue weighted by molar-refractivity contribution is -0.252. The zero-order valence-corrected chi connectivity index (χ0v) is 22.1. The molecule has 1 heterocycles. The Morgan fingerprint density at radius 1 is 0.688 bits per heavy atom. The van der Waals surface area contributed by atoms with Crippen molar-refractivity contribution in [2.45, 2.75) is 125 Å². The predicted octanol–water partition coefficient (Wildman–Crippen LogP) is 7.24. The Kier molecular flexibility index (Phi) is 4.46. The van der Waals surface area contributed by atoms with Crippen molar-refractivity contribution in [1.29, 1.82) is 0 Å². The van der Waals surface area contributed by atoms with Crippen LogP contribution in [0.1, 0.15) is 113 Å². The Morgan fingerprint density at radius 2 is 1.41 bits per heavy atom. The van der Waals surface area contributed by atoms with Gasteiger partial charge < -0.3 is 9.84 Å². The first kappa shape index (κ1) is 22.4. The maximum absolute atomic E-state index is 10.9. The van der Waals surface area contributed by atoms with Crippen LogP contribution in [0.2, 0.25) is 0 Å². The zero-order valence-electron chi connectivity index (χ0n) is 22.1. The molecule has 1 N–H and O–H groups in total. The maximum Gasteiger partial charge on any atom is 0.0663 e. The van der Waals surface area contributed by atoms with Gasteiger partial charge >= 0.3 is 0 Å². The molecule has 1 aliphatic heterocycles. The van der Waals surface area contributed by atoms with E-state index < -0.39 is 0 Å². The van der Waals surface area contributed by atoms with Crippen molar-refractivity contribution in [2.24, 2.45) is 56.2 Å². The molecular weight excluding hydrogens is 392 g/mol. The van der Waals surface area contributed by atoms with Crippen LogP contribution in [0.3, 0.4) is 0 Å². The van der Waals surface area contributed by atoms with Crippen molar-refractivity contribution in [3.05, 3.63) is 0 Å². The summed E-state index contributed by atoms with van der Waals surface area (Å²) in [4.78, 5) is 0. The molecule has 0 unspecified atom stereocenters. The SMILES string of the molecule is CC1(C)CC[C@@]23CC[C@]4(C)[C@H](CC[C@@H]5[C@@]6(C)CC[C@H](O)C(C)(C)[C@@H]6CC[C@]54C)[C@H]2[C@H]1OC3. The van der Waals surface area contributed by atoms with Gasteiger partial charge in [0.15, 0.2) is 0 Å². The summed E-state index contributed by atoms with van der Waals surface area (Å²) >= 11 is 0. The topological polar surface area (TPSA) is 29.5 Å². The molecular formula is C30H50O2. The molecule has 6 rings (SSSR count). The van der Waals surface area contributed by atoms with E-state index >= 15 is 0 Å². The van der Waals surface area contributed by atoms with Gasteiger partial charge in [-0.1, -0.05) is 48.5 Å². The van der Waals surface area contributed by atoms with Crippen LogP contribution in [0, 0.1) is 56.2 Å². The van der Waals surface area contributed by atoms with Gasteiger partial charge in [0, 0.05) is 0 Å². The Bertz CT molecular complexity index is 801. The third-order valence-corrected chi connectivity index (χ3v) is 14.1. The number of ether oxygens (including phenoxy) is 1. The van der Waals surface area contributed by atoms with Crippen molar-refractivity contribution in [1.82, 2.24) is 0 Å². The molecule has 0 aromatic carbocycles. The smallest absolute Gasteiger partial charge is 0.0663 e. The summed E-state index contributed by atoms with van der Waals surface area (Å²) in [5.41, 5.74) is 2.16. The average molecular weight is 443 g/mol. The molecule has 6 fully saturated rings. The monoisotopic (exact) mass is 442 g/mol. The summed E-state index contributed by atoms with van der Waals surface area (Å²) in [6.07, 6.45) is 13.7. The minimum Gasteiger partial charge on any atom is -0.393 e. The molecule has 2 bridgehead atoms. The highest BCUT2D eigenvalue weighted by atomic mass is 16.5. The van der Waals surface area contributed by atoms with Gasteiger partial charge in [0.05, 0.1) is 18.8 Å². The molecule has 1 saturated heterocycles. The van der Waals surface area contributed by atoms with E-state index in [-0.39, 0.29) is 11.5 Å². The first-order valence-corrected chi connectivity index (χ1v) is 14.1. The normalized spacial score (nSPS) is 60.0. The van der Waals surface area contributed by atoms with E-state index in [2.05, 4.69) is 48.5 Å². The van der Waals surface area contributed by atoms with Crippen LogP contribution in [-0.4, -0.2) is 23.9 Å². The second-order valence-corrected chi connectivity index (χ2v) is 15.7. The molecule has 0 spiro atoms. The highest BCUT2D eigenvalue weighted by molar-refractivity contribution is 5.21. The Balaban J connectivity index is 1.39. The van der Waals surface area contributed by atoms with Crippen LogP contribution in [0.5, 0.6) is 0 Å². The summed E-state index contributed by atoms with van der Waals surface area (Å²) < 4.78 is 6.71. The fourth-order valence-electron chi connectivity index (χ4n) is 12.0. The van der Waals surface area contributed by atoms with E-state index in [9.17, 15) is 5.11 Å². The molecule has 0 amide bonds. The van der Waals surface area contributed by atoms with Crippen molar-refractivity contribution in [3.8, 4) is 0 Å². The molecule has 0 aromatic rings. The van der Waals surface area contributed by atoms with Crippen LogP contribution < -0.4 is 0 Å². The minimum atomic E-state index is -0.122. The van der Waals surface area contributed by atoms with Gasteiger partial charge in [0.1, 0.15) is 0 Å². The van der Waals surface area contributed by atoms with E-state index in [0.717, 1.165) is 30.8 Å². The van der Waals surface area contributed by atoms with Crippen LogP contribution in [0.4, 0.5) is 0 Å². The lowest BCUT2D eigenvalue weighted by Gasteiger charge is -2.73. The predicted molar refractivity (Wildman–Crippen MR) is 130 cm³/mol. The number of aliphatic hydroxyl groups excluding tert-OH is 1. The molecule has 5 aliphatic carbocycles. The number of rotatable bonds is 0. The van der Waals surface area contributed by atoms with E-state index in [4.69, 9.17) is 4.74 Å². The highest BCUT2D eigenvalue weighted by Gasteiger charge is 2.72. The van der Waals surface area contributed by atoms with Gasteiger partial charge in [0.2, 0.25) is 0 Å².